The van der Waals surface area contributed by atoms with Gasteiger partial charge < -0.3 is 10.2 Å². The van der Waals surface area contributed by atoms with E-state index in [1.165, 1.54) is 20.8 Å². The number of hydrogen-bond donors (Lipinski definition) is 2. The number of aliphatic hydroxyl groups is 2. The van der Waals surface area contributed by atoms with Gasteiger partial charge in [0.15, 0.2) is 0 Å². The Labute approximate surface area is 72.2 Å². The van der Waals surface area contributed by atoms with Crippen molar-refractivity contribution < 1.29 is 19.8 Å². The molecule has 0 aromatic carbocycles. The zero-order valence-electron chi connectivity index (χ0n) is 7.70. The molecule has 1 atom stereocenters. The maximum absolute atomic E-state index is 10.0. The fourth-order valence-corrected chi connectivity index (χ4v) is 0.351. The highest BCUT2D eigenvalue weighted by atomic mass is 16.3. The zero-order chi connectivity index (χ0) is 10.1. The van der Waals surface area contributed by atoms with Crippen molar-refractivity contribution in [3.8, 4) is 0 Å². The largest absolute Gasteiger partial charge is 0.394 e. The Morgan fingerprint density at radius 2 is 1.50 bits per heavy atom. The van der Waals surface area contributed by atoms with Gasteiger partial charge in [-0.1, -0.05) is 0 Å². The second-order valence-electron chi connectivity index (χ2n) is 2.61. The summed E-state index contributed by atoms with van der Waals surface area (Å²) >= 11 is 0. The maximum Gasteiger partial charge on any atom is 0.137 e. The summed E-state index contributed by atoms with van der Waals surface area (Å²) in [5, 5.41) is 16.0. The third kappa shape index (κ3) is 22.8. The molecule has 0 aromatic heterocycles. The highest BCUT2D eigenvalue weighted by Gasteiger charge is 1.94. The highest BCUT2D eigenvalue weighted by Crippen LogP contribution is 1.80. The number of carbonyl (C=O) groups excluding carboxylic acids is 2. The molecule has 0 aliphatic carbocycles. The summed E-state index contributed by atoms with van der Waals surface area (Å²) in [5.74, 6) is -0.125. The molecule has 1 unspecified atom stereocenters. The smallest absolute Gasteiger partial charge is 0.137 e. The third-order valence-corrected chi connectivity index (χ3v) is 0.762. The zero-order valence-corrected chi connectivity index (χ0v) is 7.70. The minimum absolute atomic E-state index is 0.0625. The van der Waals surface area contributed by atoms with Crippen molar-refractivity contribution in [1.29, 1.82) is 0 Å². The predicted octanol–water partition coefficient (Wildman–Crippen LogP) is -0.0860. The van der Waals surface area contributed by atoms with E-state index in [0.29, 0.717) is 0 Å². The lowest BCUT2D eigenvalue weighted by Gasteiger charge is -1.90. The van der Waals surface area contributed by atoms with Crippen LogP contribution in [0, 0.1) is 0 Å². The van der Waals surface area contributed by atoms with Gasteiger partial charge in [0.2, 0.25) is 0 Å². The molecule has 12 heavy (non-hydrogen) atoms. The van der Waals surface area contributed by atoms with Crippen LogP contribution in [-0.4, -0.2) is 34.5 Å². The number of Topliss-reactive ketones (excluding diaryl/α,β-unsaturated/α-hetero) is 2. The van der Waals surface area contributed by atoms with Gasteiger partial charge in [-0.25, -0.2) is 0 Å². The summed E-state index contributed by atoms with van der Waals surface area (Å²) in [6.45, 7) is 4.20. The quantitative estimate of drug-likeness (QED) is 0.589. The van der Waals surface area contributed by atoms with Crippen LogP contribution < -0.4 is 0 Å². The molecule has 0 saturated carbocycles. The molecule has 0 spiro atoms. The van der Waals surface area contributed by atoms with E-state index in [-0.39, 0.29) is 24.6 Å². The van der Waals surface area contributed by atoms with Crippen molar-refractivity contribution in [3.05, 3.63) is 0 Å². The molecule has 4 nitrogen and oxygen atoms in total. The van der Waals surface area contributed by atoms with Crippen LogP contribution in [0.3, 0.4) is 0 Å². The Balaban J connectivity index is 0. The Hall–Kier alpha value is -0.740. The first-order valence-electron chi connectivity index (χ1n) is 3.68. The number of ketones is 2. The van der Waals surface area contributed by atoms with Crippen LogP contribution in [-0.2, 0) is 9.59 Å². The van der Waals surface area contributed by atoms with Gasteiger partial charge in [0.05, 0.1) is 19.1 Å². The summed E-state index contributed by atoms with van der Waals surface area (Å²) in [6, 6.07) is 0. The van der Waals surface area contributed by atoms with Crippen molar-refractivity contribution in [2.45, 2.75) is 33.3 Å². The van der Waals surface area contributed by atoms with Gasteiger partial charge in [-0.15, -0.1) is 0 Å². The standard InChI is InChI=1S/C5H8O2.C3H8O2/c1-4(6)3-5(2)7;1-3(5)2-4/h3H2,1-2H3;3-5H,2H2,1H3. The molecule has 0 radical (unpaired) electrons. The highest BCUT2D eigenvalue weighted by molar-refractivity contribution is 5.96. The van der Waals surface area contributed by atoms with Crippen molar-refractivity contribution in [2.24, 2.45) is 0 Å². The molecule has 0 saturated heterocycles. The van der Waals surface area contributed by atoms with Gasteiger partial charge in [-0.05, 0) is 20.8 Å². The molecule has 0 bridgehead atoms. The van der Waals surface area contributed by atoms with E-state index in [9.17, 15) is 9.59 Å². The molecule has 4 heteroatoms. The van der Waals surface area contributed by atoms with Gasteiger partial charge in [-0.3, -0.25) is 9.59 Å². The third-order valence-electron chi connectivity index (χ3n) is 0.762. The van der Waals surface area contributed by atoms with Crippen LogP contribution in [0.25, 0.3) is 0 Å². The van der Waals surface area contributed by atoms with Crippen molar-refractivity contribution in [1.82, 2.24) is 0 Å². The van der Waals surface area contributed by atoms with Crippen molar-refractivity contribution >= 4 is 11.6 Å². The summed E-state index contributed by atoms with van der Waals surface area (Å²) in [5.41, 5.74) is 0. The first-order chi connectivity index (χ1) is 5.40. The average molecular weight is 176 g/mol. The lowest BCUT2D eigenvalue weighted by atomic mass is 10.2. The fraction of sp³-hybridized carbons (Fsp3) is 0.750. The van der Waals surface area contributed by atoms with Gasteiger partial charge in [0, 0.05) is 0 Å². The lowest BCUT2D eigenvalue weighted by Crippen LogP contribution is -2.03. The van der Waals surface area contributed by atoms with Crippen LogP contribution in [0.15, 0.2) is 0 Å². The Morgan fingerprint density at radius 3 is 1.50 bits per heavy atom. The molecule has 0 fully saturated rings. The molecule has 0 amide bonds. The number of carbonyl (C=O) groups is 2. The number of hydrogen-bond acceptors (Lipinski definition) is 4. The maximum atomic E-state index is 10.0. The Kier molecular flexibility index (Phi) is 9.63. The normalized spacial score (nSPS) is 11.1. The van der Waals surface area contributed by atoms with E-state index in [0.717, 1.165) is 0 Å². The minimum atomic E-state index is -0.560. The predicted molar refractivity (Wildman–Crippen MR) is 44.7 cm³/mol. The van der Waals surface area contributed by atoms with Gasteiger partial charge >= 0.3 is 0 Å². The summed E-state index contributed by atoms with van der Waals surface area (Å²) < 4.78 is 0. The van der Waals surface area contributed by atoms with Gasteiger partial charge in [-0.2, -0.15) is 0 Å². The number of aliphatic hydroxyl groups excluding tert-OH is 2. The minimum Gasteiger partial charge on any atom is -0.394 e. The summed E-state index contributed by atoms with van der Waals surface area (Å²) in [4.78, 5) is 20.1. The second-order valence-corrected chi connectivity index (χ2v) is 2.61. The summed E-state index contributed by atoms with van der Waals surface area (Å²) in [7, 11) is 0. The Morgan fingerprint density at radius 1 is 1.25 bits per heavy atom. The first-order valence-corrected chi connectivity index (χ1v) is 3.68. The molecule has 0 aliphatic rings. The van der Waals surface area contributed by atoms with Crippen LogP contribution in [0.4, 0.5) is 0 Å². The molecule has 0 rings (SSSR count). The van der Waals surface area contributed by atoms with E-state index in [4.69, 9.17) is 10.2 Å². The topological polar surface area (TPSA) is 74.6 Å². The van der Waals surface area contributed by atoms with Crippen LogP contribution in [0.5, 0.6) is 0 Å². The first kappa shape index (κ1) is 13.8. The number of rotatable bonds is 3. The Bertz CT molecular complexity index is 128. The van der Waals surface area contributed by atoms with Crippen LogP contribution in [0.2, 0.25) is 0 Å². The molecular weight excluding hydrogens is 160 g/mol. The van der Waals surface area contributed by atoms with Gasteiger partial charge in [0.25, 0.3) is 0 Å². The van der Waals surface area contributed by atoms with Crippen molar-refractivity contribution in [2.75, 3.05) is 6.61 Å². The average Bonchev–Trinajstić information content (AvgIpc) is 1.85. The van der Waals surface area contributed by atoms with Crippen molar-refractivity contribution in [3.63, 3.8) is 0 Å². The van der Waals surface area contributed by atoms with E-state index in [2.05, 4.69) is 0 Å². The second kappa shape index (κ2) is 8.36. The molecule has 0 aliphatic heterocycles. The van der Waals surface area contributed by atoms with E-state index in [1.807, 2.05) is 0 Å². The molecule has 0 aromatic rings. The molecule has 0 heterocycles. The molecule has 72 valence electrons. The monoisotopic (exact) mass is 176 g/mol. The lowest BCUT2D eigenvalue weighted by molar-refractivity contribution is -0.124. The van der Waals surface area contributed by atoms with E-state index in [1.54, 1.807) is 0 Å². The molecular formula is C8H16O4. The van der Waals surface area contributed by atoms with E-state index < -0.39 is 6.10 Å². The molecule has 2 N–H and O–H groups in total. The summed E-state index contributed by atoms with van der Waals surface area (Å²) in [6.07, 6.45) is -0.477. The SMILES string of the molecule is CC(=O)CC(C)=O.CC(O)CO. The fourth-order valence-electron chi connectivity index (χ4n) is 0.351. The van der Waals surface area contributed by atoms with Gasteiger partial charge in [0.1, 0.15) is 11.6 Å². The van der Waals surface area contributed by atoms with Crippen LogP contribution in [0.1, 0.15) is 27.2 Å². The van der Waals surface area contributed by atoms with E-state index >= 15 is 0 Å². The van der Waals surface area contributed by atoms with Crippen LogP contribution >= 0.6 is 0 Å².